The molecule has 0 radical (unpaired) electrons. The number of sulfone groups is 1. The molecule has 1 N–H and O–H groups in total. The van der Waals surface area contributed by atoms with Gasteiger partial charge in [0.25, 0.3) is 5.91 Å². The Balaban J connectivity index is 2.12. The van der Waals surface area contributed by atoms with Crippen molar-refractivity contribution in [1.29, 1.82) is 0 Å². The second-order valence-corrected chi connectivity index (χ2v) is 7.41. The molecule has 0 spiro atoms. The van der Waals surface area contributed by atoms with Crippen LogP contribution in [-0.2, 0) is 9.84 Å². The number of amides is 1. The third-order valence-corrected chi connectivity index (χ3v) is 5.29. The van der Waals surface area contributed by atoms with E-state index < -0.39 is 9.84 Å². The molecule has 0 aromatic carbocycles. The van der Waals surface area contributed by atoms with E-state index in [-0.39, 0.29) is 23.5 Å². The van der Waals surface area contributed by atoms with Gasteiger partial charge in [-0.05, 0) is 12.8 Å². The molecule has 2 rings (SSSR count). The second-order valence-electron chi connectivity index (χ2n) is 5.19. The average molecular weight is 312 g/mol. The van der Waals surface area contributed by atoms with Crippen LogP contribution in [0, 0.1) is 0 Å². The van der Waals surface area contributed by atoms with Crippen molar-refractivity contribution in [1.82, 2.24) is 15.3 Å². The number of nitrogens with one attached hydrogen (secondary N) is 1. The van der Waals surface area contributed by atoms with Crippen molar-refractivity contribution >= 4 is 21.6 Å². The Kier molecular flexibility index (Phi) is 4.76. The summed E-state index contributed by atoms with van der Waals surface area (Å²) in [6, 6.07) is 1.49. The highest BCUT2D eigenvalue weighted by atomic mass is 32.2. The van der Waals surface area contributed by atoms with Crippen LogP contribution in [0.2, 0.25) is 0 Å². The minimum Gasteiger partial charge on any atom is -0.356 e. The molecule has 1 saturated heterocycles. The number of hydrogen-bond donors (Lipinski definition) is 1. The summed E-state index contributed by atoms with van der Waals surface area (Å²) in [5.74, 6) is 0.656. The summed E-state index contributed by atoms with van der Waals surface area (Å²) in [5, 5.41) is 2.75. The minimum atomic E-state index is -2.95. The van der Waals surface area contributed by atoms with E-state index >= 15 is 0 Å². The Bertz CT molecular complexity index is 618. The van der Waals surface area contributed by atoms with Gasteiger partial charge >= 0.3 is 0 Å². The summed E-state index contributed by atoms with van der Waals surface area (Å²) in [7, 11) is -1.16. The number of carbonyl (C=O) groups is 1. The summed E-state index contributed by atoms with van der Waals surface area (Å²) < 4.78 is 23.1. The van der Waals surface area contributed by atoms with Crippen LogP contribution in [0.4, 0.5) is 5.82 Å². The lowest BCUT2D eigenvalue weighted by atomic mass is 10.2. The molecule has 1 unspecified atom stereocenters. The van der Waals surface area contributed by atoms with Crippen LogP contribution in [0.15, 0.2) is 12.4 Å². The Morgan fingerprint density at radius 2 is 2.24 bits per heavy atom. The van der Waals surface area contributed by atoms with E-state index in [0.717, 1.165) is 6.42 Å². The van der Waals surface area contributed by atoms with Crippen LogP contribution >= 0.6 is 0 Å². The van der Waals surface area contributed by atoms with Gasteiger partial charge in [0.05, 0.1) is 11.5 Å². The molecule has 1 aromatic rings. The smallest absolute Gasteiger partial charge is 0.270 e. The zero-order valence-corrected chi connectivity index (χ0v) is 13.1. The molecule has 2 heterocycles. The van der Waals surface area contributed by atoms with E-state index in [2.05, 4.69) is 15.3 Å². The Labute approximate surface area is 124 Å². The maximum atomic E-state index is 11.9. The number of nitrogens with zero attached hydrogens (tertiary/aromatic N) is 3. The van der Waals surface area contributed by atoms with E-state index in [1.165, 1.54) is 6.33 Å². The largest absolute Gasteiger partial charge is 0.356 e. The van der Waals surface area contributed by atoms with Crippen molar-refractivity contribution in [2.24, 2.45) is 0 Å². The molecule has 1 atom stereocenters. The van der Waals surface area contributed by atoms with Crippen molar-refractivity contribution in [2.75, 3.05) is 30.0 Å². The zero-order chi connectivity index (χ0) is 15.5. The summed E-state index contributed by atoms with van der Waals surface area (Å²) in [6.07, 6.45) is 2.76. The summed E-state index contributed by atoms with van der Waals surface area (Å²) >= 11 is 0. The number of hydrogen-bond acceptors (Lipinski definition) is 6. The lowest BCUT2D eigenvalue weighted by Crippen LogP contribution is -2.33. The van der Waals surface area contributed by atoms with Gasteiger partial charge in [-0.1, -0.05) is 6.92 Å². The van der Waals surface area contributed by atoms with Crippen LogP contribution in [0.25, 0.3) is 0 Å². The van der Waals surface area contributed by atoms with E-state index in [4.69, 9.17) is 0 Å². The standard InChI is InChI=1S/C13H20N4O3S/c1-3-5-14-13(18)11-7-12(16-9-15-11)17(2)10-4-6-21(19,20)8-10/h7,9-10H,3-6,8H2,1-2H3,(H,14,18). The third-order valence-electron chi connectivity index (χ3n) is 3.54. The molecule has 1 aliphatic rings. The monoisotopic (exact) mass is 312 g/mol. The van der Waals surface area contributed by atoms with Gasteiger partial charge in [-0.15, -0.1) is 0 Å². The fourth-order valence-electron chi connectivity index (χ4n) is 2.26. The molecule has 1 amide bonds. The first kappa shape index (κ1) is 15.7. The molecule has 0 bridgehead atoms. The van der Waals surface area contributed by atoms with Crippen molar-refractivity contribution in [3.63, 3.8) is 0 Å². The third kappa shape index (κ3) is 3.90. The molecule has 0 saturated carbocycles. The minimum absolute atomic E-state index is 0.101. The molecule has 1 aromatic heterocycles. The van der Waals surface area contributed by atoms with Gasteiger partial charge in [-0.25, -0.2) is 18.4 Å². The van der Waals surface area contributed by atoms with Crippen molar-refractivity contribution in [3.05, 3.63) is 18.1 Å². The maximum absolute atomic E-state index is 11.9. The predicted molar refractivity (Wildman–Crippen MR) is 80.1 cm³/mol. The van der Waals surface area contributed by atoms with Crippen molar-refractivity contribution in [2.45, 2.75) is 25.8 Å². The quantitative estimate of drug-likeness (QED) is 0.837. The molecular weight excluding hydrogens is 292 g/mol. The molecule has 1 fully saturated rings. The fraction of sp³-hybridized carbons (Fsp3) is 0.615. The Morgan fingerprint density at radius 1 is 1.48 bits per heavy atom. The molecule has 8 heteroatoms. The van der Waals surface area contributed by atoms with Crippen molar-refractivity contribution in [3.8, 4) is 0 Å². The Morgan fingerprint density at radius 3 is 2.86 bits per heavy atom. The van der Waals surface area contributed by atoms with E-state index in [9.17, 15) is 13.2 Å². The Hall–Kier alpha value is -1.70. The number of carbonyl (C=O) groups excluding carboxylic acids is 1. The lowest BCUT2D eigenvalue weighted by molar-refractivity contribution is 0.0948. The summed E-state index contributed by atoms with van der Waals surface area (Å²) in [5.41, 5.74) is 0.293. The number of rotatable bonds is 5. The molecule has 0 aliphatic carbocycles. The van der Waals surface area contributed by atoms with Crippen LogP contribution in [0.1, 0.15) is 30.3 Å². The number of aromatic nitrogens is 2. The van der Waals surface area contributed by atoms with Gasteiger partial charge < -0.3 is 10.2 Å². The molecule has 21 heavy (non-hydrogen) atoms. The first-order chi connectivity index (χ1) is 9.93. The van der Waals surface area contributed by atoms with Gasteiger partial charge in [-0.2, -0.15) is 0 Å². The van der Waals surface area contributed by atoms with Crippen LogP contribution in [0.3, 0.4) is 0 Å². The van der Waals surface area contributed by atoms with Gasteiger partial charge in [0.2, 0.25) is 0 Å². The molecule has 7 nitrogen and oxygen atoms in total. The normalized spacial score (nSPS) is 20.2. The highest BCUT2D eigenvalue weighted by molar-refractivity contribution is 7.91. The zero-order valence-electron chi connectivity index (χ0n) is 12.2. The van der Waals surface area contributed by atoms with Crippen LogP contribution < -0.4 is 10.2 Å². The second kappa shape index (κ2) is 6.38. The average Bonchev–Trinajstić information content (AvgIpc) is 2.84. The first-order valence-corrected chi connectivity index (χ1v) is 8.78. The lowest BCUT2D eigenvalue weighted by Gasteiger charge is -2.24. The first-order valence-electron chi connectivity index (χ1n) is 6.96. The highest BCUT2D eigenvalue weighted by Gasteiger charge is 2.31. The molecular formula is C13H20N4O3S. The topological polar surface area (TPSA) is 92.3 Å². The highest BCUT2D eigenvalue weighted by Crippen LogP contribution is 2.21. The maximum Gasteiger partial charge on any atom is 0.270 e. The SMILES string of the molecule is CCCNC(=O)c1cc(N(C)C2CCS(=O)(=O)C2)ncn1. The van der Waals surface area contributed by atoms with Crippen LogP contribution in [0.5, 0.6) is 0 Å². The van der Waals surface area contributed by atoms with Crippen LogP contribution in [-0.4, -0.2) is 55.4 Å². The molecule has 116 valence electrons. The van der Waals surface area contributed by atoms with E-state index in [1.807, 2.05) is 11.8 Å². The summed E-state index contributed by atoms with van der Waals surface area (Å²) in [6.45, 7) is 2.56. The van der Waals surface area contributed by atoms with E-state index in [1.54, 1.807) is 13.1 Å². The van der Waals surface area contributed by atoms with Gasteiger partial charge in [0, 0.05) is 25.7 Å². The van der Waals surface area contributed by atoms with Crippen molar-refractivity contribution < 1.29 is 13.2 Å². The molecule has 1 aliphatic heterocycles. The van der Waals surface area contributed by atoms with Gasteiger partial charge in [0.1, 0.15) is 17.8 Å². The van der Waals surface area contributed by atoms with E-state index in [0.29, 0.717) is 24.5 Å². The van der Waals surface area contributed by atoms with Gasteiger partial charge in [-0.3, -0.25) is 4.79 Å². The van der Waals surface area contributed by atoms with Gasteiger partial charge in [0.15, 0.2) is 9.84 Å². The fourth-order valence-corrected chi connectivity index (χ4v) is 4.04. The summed E-state index contributed by atoms with van der Waals surface area (Å²) in [4.78, 5) is 21.8. The predicted octanol–water partition coefficient (Wildman–Crippen LogP) is 0.240. The number of anilines is 1.